The molecule has 0 radical (unpaired) electrons. The number of hydrogen-bond donors (Lipinski definition) is 2. The number of sulfonamides is 1. The second-order valence-electron chi connectivity index (χ2n) is 5.72. The average Bonchev–Trinajstić information content (AvgIpc) is 2.66. The van der Waals surface area contributed by atoms with Gasteiger partial charge < -0.3 is 10.1 Å². The topological polar surface area (TPSA) is 91.2 Å². The van der Waals surface area contributed by atoms with Gasteiger partial charge in [-0.2, -0.15) is 5.26 Å². The Morgan fingerprint density at radius 2 is 1.85 bits per heavy atom. The highest BCUT2D eigenvalue weighted by molar-refractivity contribution is 7.89. The highest BCUT2D eigenvalue weighted by Gasteiger charge is 2.04. The van der Waals surface area contributed by atoms with Crippen LogP contribution in [0.15, 0.2) is 48.5 Å². The summed E-state index contributed by atoms with van der Waals surface area (Å²) in [6.07, 6.45) is 0. The van der Waals surface area contributed by atoms with Gasteiger partial charge in [0.05, 0.1) is 17.4 Å². The van der Waals surface area contributed by atoms with Gasteiger partial charge in [0, 0.05) is 19.6 Å². The Labute approximate surface area is 154 Å². The molecular weight excluding hydrogens is 350 g/mol. The molecule has 0 aliphatic carbocycles. The summed E-state index contributed by atoms with van der Waals surface area (Å²) in [5.74, 6) is 0.835. The van der Waals surface area contributed by atoms with Gasteiger partial charge in [0.15, 0.2) is 0 Å². The van der Waals surface area contributed by atoms with E-state index in [-0.39, 0.29) is 5.75 Å². The van der Waals surface area contributed by atoms with Crippen LogP contribution in [0.5, 0.6) is 5.75 Å². The van der Waals surface area contributed by atoms with Gasteiger partial charge in [0.1, 0.15) is 12.4 Å². The molecule has 0 saturated carbocycles. The lowest BCUT2D eigenvalue weighted by Gasteiger charge is -2.10. The molecule has 0 fully saturated rings. The second kappa shape index (κ2) is 9.92. The number of nitriles is 1. The van der Waals surface area contributed by atoms with E-state index in [1.807, 2.05) is 42.5 Å². The summed E-state index contributed by atoms with van der Waals surface area (Å²) in [6.45, 7) is 3.53. The summed E-state index contributed by atoms with van der Waals surface area (Å²) < 4.78 is 31.0. The maximum absolute atomic E-state index is 11.3. The van der Waals surface area contributed by atoms with Crippen molar-refractivity contribution >= 4 is 10.0 Å². The molecule has 26 heavy (non-hydrogen) atoms. The summed E-state index contributed by atoms with van der Waals surface area (Å²) >= 11 is 0. The van der Waals surface area contributed by atoms with Crippen LogP contribution in [0.1, 0.15) is 23.6 Å². The minimum atomic E-state index is -3.14. The smallest absolute Gasteiger partial charge is 0.211 e. The van der Waals surface area contributed by atoms with E-state index >= 15 is 0 Å². The van der Waals surface area contributed by atoms with Crippen molar-refractivity contribution in [2.75, 3.05) is 18.8 Å². The van der Waals surface area contributed by atoms with Crippen LogP contribution >= 0.6 is 0 Å². The molecule has 2 N–H and O–H groups in total. The largest absolute Gasteiger partial charge is 0.489 e. The molecule has 138 valence electrons. The van der Waals surface area contributed by atoms with E-state index < -0.39 is 10.0 Å². The molecule has 2 aromatic rings. The predicted octanol–water partition coefficient (Wildman–Crippen LogP) is 2.17. The third-order valence-corrected chi connectivity index (χ3v) is 5.10. The summed E-state index contributed by atoms with van der Waals surface area (Å²) in [6, 6.07) is 17.2. The Kier molecular flexibility index (Phi) is 7.60. The highest BCUT2D eigenvalue weighted by atomic mass is 32.2. The summed E-state index contributed by atoms with van der Waals surface area (Å²) in [7, 11) is -3.14. The number of nitrogens with zero attached hydrogens (tertiary/aromatic N) is 1. The van der Waals surface area contributed by atoms with Gasteiger partial charge in [-0.25, -0.2) is 13.1 Å². The number of rotatable bonds is 10. The van der Waals surface area contributed by atoms with E-state index in [0.29, 0.717) is 31.8 Å². The molecule has 0 heterocycles. The molecule has 0 unspecified atom stereocenters. The van der Waals surface area contributed by atoms with Gasteiger partial charge in [-0.05, 0) is 42.3 Å². The number of ether oxygens (including phenoxy) is 1. The van der Waals surface area contributed by atoms with Gasteiger partial charge in [0.2, 0.25) is 10.0 Å². The van der Waals surface area contributed by atoms with Crippen LogP contribution in [0.4, 0.5) is 0 Å². The van der Waals surface area contributed by atoms with Gasteiger partial charge in [0.25, 0.3) is 0 Å². The van der Waals surface area contributed by atoms with Crippen LogP contribution in [-0.2, 0) is 23.2 Å². The first kappa shape index (κ1) is 19.9. The van der Waals surface area contributed by atoms with E-state index in [1.54, 1.807) is 13.0 Å². The van der Waals surface area contributed by atoms with Gasteiger partial charge in [-0.1, -0.05) is 24.3 Å². The highest BCUT2D eigenvalue weighted by Crippen LogP contribution is 2.15. The van der Waals surface area contributed by atoms with Crippen LogP contribution in [0.25, 0.3) is 0 Å². The zero-order valence-corrected chi connectivity index (χ0v) is 15.6. The third-order valence-electron chi connectivity index (χ3n) is 3.69. The van der Waals surface area contributed by atoms with Crippen molar-refractivity contribution in [3.05, 3.63) is 65.2 Å². The van der Waals surface area contributed by atoms with Crippen LogP contribution in [0.2, 0.25) is 0 Å². The van der Waals surface area contributed by atoms with Gasteiger partial charge >= 0.3 is 0 Å². The summed E-state index contributed by atoms with van der Waals surface area (Å²) in [5.41, 5.74) is 2.60. The molecule has 0 aliphatic heterocycles. The van der Waals surface area contributed by atoms with Crippen molar-refractivity contribution in [3.63, 3.8) is 0 Å². The zero-order chi connectivity index (χ0) is 18.8. The standard InChI is InChI=1S/C19H23N3O3S/c1-2-26(23,24)22-10-9-21-14-17-6-4-8-19(12-17)25-15-18-7-3-5-16(11-18)13-20/h3-8,11-12,21-22H,2,9-10,14-15H2,1H3. The minimum absolute atomic E-state index is 0.0870. The van der Waals surface area contributed by atoms with E-state index in [2.05, 4.69) is 16.1 Å². The van der Waals surface area contributed by atoms with E-state index in [9.17, 15) is 8.42 Å². The number of nitrogens with one attached hydrogen (secondary N) is 2. The summed E-state index contributed by atoms with van der Waals surface area (Å²) in [4.78, 5) is 0. The Balaban J connectivity index is 1.79. The quantitative estimate of drug-likeness (QED) is 0.623. The normalized spacial score (nSPS) is 11.1. The SMILES string of the molecule is CCS(=O)(=O)NCCNCc1cccc(OCc2cccc(C#N)c2)c1. The lowest BCUT2D eigenvalue weighted by atomic mass is 10.1. The first-order valence-electron chi connectivity index (χ1n) is 8.41. The minimum Gasteiger partial charge on any atom is -0.489 e. The summed E-state index contributed by atoms with van der Waals surface area (Å²) in [5, 5.41) is 12.1. The predicted molar refractivity (Wildman–Crippen MR) is 101 cm³/mol. The lowest BCUT2D eigenvalue weighted by molar-refractivity contribution is 0.306. The third kappa shape index (κ3) is 6.84. The number of hydrogen-bond acceptors (Lipinski definition) is 5. The molecule has 0 spiro atoms. The molecule has 0 bridgehead atoms. The fourth-order valence-electron chi connectivity index (χ4n) is 2.27. The fourth-order valence-corrected chi connectivity index (χ4v) is 2.89. The molecule has 7 heteroatoms. The molecular formula is C19H23N3O3S. The first-order valence-corrected chi connectivity index (χ1v) is 10.1. The zero-order valence-electron chi connectivity index (χ0n) is 14.7. The molecule has 2 rings (SSSR count). The molecule has 0 aromatic heterocycles. The fraction of sp³-hybridized carbons (Fsp3) is 0.316. The van der Waals surface area contributed by atoms with Crippen molar-refractivity contribution in [1.29, 1.82) is 5.26 Å². The molecule has 6 nitrogen and oxygen atoms in total. The van der Waals surface area contributed by atoms with Crippen LogP contribution in [0.3, 0.4) is 0 Å². The first-order chi connectivity index (χ1) is 12.5. The van der Waals surface area contributed by atoms with E-state index in [4.69, 9.17) is 10.00 Å². The van der Waals surface area contributed by atoms with Crippen molar-refractivity contribution in [3.8, 4) is 11.8 Å². The van der Waals surface area contributed by atoms with Crippen LogP contribution < -0.4 is 14.8 Å². The lowest BCUT2D eigenvalue weighted by Crippen LogP contribution is -2.32. The Morgan fingerprint density at radius 1 is 1.08 bits per heavy atom. The molecule has 2 aromatic carbocycles. The molecule has 0 atom stereocenters. The van der Waals surface area contributed by atoms with E-state index in [1.165, 1.54) is 0 Å². The Hall–Kier alpha value is -2.40. The van der Waals surface area contributed by atoms with Gasteiger partial charge in [-0.15, -0.1) is 0 Å². The Morgan fingerprint density at radius 3 is 2.62 bits per heavy atom. The monoisotopic (exact) mass is 373 g/mol. The van der Waals surface area contributed by atoms with Crippen molar-refractivity contribution in [2.45, 2.75) is 20.1 Å². The number of benzene rings is 2. The van der Waals surface area contributed by atoms with Crippen molar-refractivity contribution in [2.24, 2.45) is 0 Å². The van der Waals surface area contributed by atoms with Crippen molar-refractivity contribution in [1.82, 2.24) is 10.0 Å². The molecule has 0 saturated heterocycles. The Bertz CT molecular complexity index is 860. The maximum Gasteiger partial charge on any atom is 0.211 e. The average molecular weight is 373 g/mol. The maximum atomic E-state index is 11.3. The van der Waals surface area contributed by atoms with Crippen molar-refractivity contribution < 1.29 is 13.2 Å². The van der Waals surface area contributed by atoms with Gasteiger partial charge in [-0.3, -0.25) is 0 Å². The van der Waals surface area contributed by atoms with Crippen LogP contribution in [0, 0.1) is 11.3 Å². The molecule has 0 aliphatic rings. The van der Waals surface area contributed by atoms with Crippen LogP contribution in [-0.4, -0.2) is 27.3 Å². The second-order valence-corrected chi connectivity index (χ2v) is 7.82. The van der Waals surface area contributed by atoms with E-state index in [0.717, 1.165) is 16.9 Å². The molecule has 0 amide bonds.